The maximum atomic E-state index is 5.63. The molecule has 1 nitrogen and oxygen atoms in total. The molecule has 2 bridgehead atoms. The highest BCUT2D eigenvalue weighted by Crippen LogP contribution is 2.46. The van der Waals surface area contributed by atoms with Crippen LogP contribution in [0.2, 0.25) is 0 Å². The van der Waals surface area contributed by atoms with Crippen LogP contribution in [0, 0.1) is 11.8 Å². The van der Waals surface area contributed by atoms with Gasteiger partial charge in [-0.2, -0.15) is 0 Å². The lowest BCUT2D eigenvalue weighted by molar-refractivity contribution is 0.420. The summed E-state index contributed by atoms with van der Waals surface area (Å²) >= 11 is 5.63. The molecule has 0 aromatic heterocycles. The SMILES string of the molecule is CCC(=NC1CC2CCC1C2)C(=S)c1ccccc1. The highest BCUT2D eigenvalue weighted by molar-refractivity contribution is 7.82. The second-order valence-corrected chi connectivity index (χ2v) is 6.27. The van der Waals surface area contributed by atoms with Gasteiger partial charge in [0, 0.05) is 0 Å². The van der Waals surface area contributed by atoms with Crippen molar-refractivity contribution >= 4 is 22.8 Å². The number of hydrogen-bond donors (Lipinski definition) is 0. The Hall–Kier alpha value is -1.02. The summed E-state index contributed by atoms with van der Waals surface area (Å²) in [5.74, 6) is 1.78. The van der Waals surface area contributed by atoms with Crippen molar-refractivity contribution in [3.8, 4) is 0 Å². The van der Waals surface area contributed by atoms with Gasteiger partial charge in [0.05, 0.1) is 16.6 Å². The van der Waals surface area contributed by atoms with Gasteiger partial charge in [0.1, 0.15) is 0 Å². The van der Waals surface area contributed by atoms with Crippen molar-refractivity contribution in [2.75, 3.05) is 0 Å². The van der Waals surface area contributed by atoms with Crippen LogP contribution in [0.15, 0.2) is 35.3 Å². The van der Waals surface area contributed by atoms with Crippen molar-refractivity contribution in [2.24, 2.45) is 16.8 Å². The lowest BCUT2D eigenvalue weighted by Gasteiger charge is -2.19. The standard InChI is InChI=1S/C17H21NS/c1-2-15(17(19)13-6-4-3-5-7-13)18-16-11-12-8-9-14(16)10-12/h3-7,12,14,16H,2,8-11H2,1H3. The van der Waals surface area contributed by atoms with Crippen LogP contribution in [-0.4, -0.2) is 16.6 Å². The highest BCUT2D eigenvalue weighted by atomic mass is 32.1. The first-order valence-corrected chi connectivity index (χ1v) is 7.85. The maximum absolute atomic E-state index is 5.63. The third-order valence-corrected chi connectivity index (χ3v) is 5.13. The Morgan fingerprint density at radius 1 is 1.21 bits per heavy atom. The van der Waals surface area contributed by atoms with E-state index in [1.54, 1.807) is 0 Å². The minimum atomic E-state index is 0.551. The summed E-state index contributed by atoms with van der Waals surface area (Å²) in [6.07, 6.45) is 6.46. The van der Waals surface area contributed by atoms with Crippen LogP contribution in [0.4, 0.5) is 0 Å². The van der Waals surface area contributed by atoms with Crippen LogP contribution in [-0.2, 0) is 0 Å². The zero-order valence-electron chi connectivity index (χ0n) is 11.5. The molecule has 2 aliphatic carbocycles. The molecule has 3 rings (SSSR count). The fraction of sp³-hybridized carbons (Fsp3) is 0.529. The monoisotopic (exact) mass is 271 g/mol. The van der Waals surface area contributed by atoms with Crippen molar-refractivity contribution in [1.29, 1.82) is 0 Å². The fourth-order valence-corrected chi connectivity index (χ4v) is 3.97. The van der Waals surface area contributed by atoms with Gasteiger partial charge in [-0.15, -0.1) is 0 Å². The van der Waals surface area contributed by atoms with Crippen LogP contribution in [0.5, 0.6) is 0 Å². The van der Waals surface area contributed by atoms with Crippen molar-refractivity contribution in [2.45, 2.75) is 45.1 Å². The molecule has 3 atom stereocenters. The quantitative estimate of drug-likeness (QED) is 0.448. The zero-order valence-corrected chi connectivity index (χ0v) is 12.3. The molecular formula is C17H21NS. The number of nitrogens with zero attached hydrogens (tertiary/aromatic N) is 1. The van der Waals surface area contributed by atoms with Crippen LogP contribution in [0.1, 0.15) is 44.6 Å². The Morgan fingerprint density at radius 3 is 2.58 bits per heavy atom. The van der Waals surface area contributed by atoms with E-state index in [1.165, 1.54) is 25.7 Å². The van der Waals surface area contributed by atoms with Crippen molar-refractivity contribution in [3.63, 3.8) is 0 Å². The zero-order chi connectivity index (χ0) is 13.2. The third-order valence-electron chi connectivity index (χ3n) is 4.66. The number of thiocarbonyl (C=S) groups is 1. The van der Waals surface area contributed by atoms with Crippen LogP contribution < -0.4 is 0 Å². The van der Waals surface area contributed by atoms with E-state index in [1.807, 2.05) is 18.2 Å². The van der Waals surface area contributed by atoms with Crippen molar-refractivity contribution in [1.82, 2.24) is 0 Å². The topological polar surface area (TPSA) is 12.4 Å². The molecule has 0 saturated heterocycles. The maximum Gasteiger partial charge on any atom is 0.0659 e. The molecule has 1 aromatic carbocycles. The second kappa shape index (κ2) is 5.54. The van der Waals surface area contributed by atoms with Gasteiger partial charge in [0.25, 0.3) is 0 Å². The molecule has 3 unspecified atom stereocenters. The molecule has 0 amide bonds. The average Bonchev–Trinajstić information content (AvgIpc) is 3.07. The molecule has 19 heavy (non-hydrogen) atoms. The second-order valence-electron chi connectivity index (χ2n) is 5.87. The molecule has 0 aliphatic heterocycles. The summed E-state index contributed by atoms with van der Waals surface area (Å²) in [7, 11) is 0. The molecule has 1 aromatic rings. The van der Waals surface area contributed by atoms with E-state index in [2.05, 4.69) is 19.1 Å². The van der Waals surface area contributed by atoms with E-state index in [0.29, 0.717) is 6.04 Å². The summed E-state index contributed by atoms with van der Waals surface area (Å²) in [6.45, 7) is 2.17. The molecule has 2 aliphatic rings. The highest BCUT2D eigenvalue weighted by Gasteiger charge is 2.39. The van der Waals surface area contributed by atoms with Gasteiger partial charge < -0.3 is 0 Å². The van der Waals surface area contributed by atoms with Gasteiger partial charge in [0.15, 0.2) is 0 Å². The lowest BCUT2D eigenvalue weighted by Crippen LogP contribution is -2.20. The molecule has 0 spiro atoms. The van der Waals surface area contributed by atoms with E-state index >= 15 is 0 Å². The Labute approximate surface area is 121 Å². The Bertz CT molecular complexity index is 491. The Balaban J connectivity index is 1.79. The minimum absolute atomic E-state index is 0.551. The number of fused-ring (bicyclic) bond motifs is 2. The number of benzene rings is 1. The lowest BCUT2D eigenvalue weighted by atomic mass is 9.95. The van der Waals surface area contributed by atoms with Crippen molar-refractivity contribution in [3.05, 3.63) is 35.9 Å². The Kier molecular flexibility index (Phi) is 3.79. The molecule has 0 N–H and O–H groups in total. The summed E-state index contributed by atoms with van der Waals surface area (Å²) in [5, 5.41) is 0. The predicted octanol–water partition coefficient (Wildman–Crippen LogP) is 4.44. The molecule has 100 valence electrons. The first-order chi connectivity index (χ1) is 9.28. The van der Waals surface area contributed by atoms with Gasteiger partial charge in [-0.3, -0.25) is 4.99 Å². The fourth-order valence-electron chi connectivity index (χ4n) is 3.64. The first kappa shape index (κ1) is 13.0. The molecular weight excluding hydrogens is 250 g/mol. The van der Waals surface area contributed by atoms with Gasteiger partial charge in [-0.05, 0) is 43.1 Å². The van der Waals surface area contributed by atoms with E-state index in [9.17, 15) is 0 Å². The number of rotatable bonds is 4. The van der Waals surface area contributed by atoms with E-state index in [-0.39, 0.29) is 0 Å². The van der Waals surface area contributed by atoms with Crippen LogP contribution >= 0.6 is 12.2 Å². The molecule has 0 heterocycles. The summed E-state index contributed by atoms with van der Waals surface area (Å²) in [4.78, 5) is 5.98. The van der Waals surface area contributed by atoms with Gasteiger partial charge in [-0.25, -0.2) is 0 Å². The summed E-state index contributed by atoms with van der Waals surface area (Å²) < 4.78 is 0. The number of aliphatic imine (C=N–C) groups is 1. The predicted molar refractivity (Wildman–Crippen MR) is 85.1 cm³/mol. The molecule has 0 radical (unpaired) electrons. The van der Waals surface area contributed by atoms with Gasteiger partial charge in [0.2, 0.25) is 0 Å². The molecule has 2 heteroatoms. The third kappa shape index (κ3) is 2.64. The van der Waals surface area contributed by atoms with Crippen LogP contribution in [0.25, 0.3) is 0 Å². The normalized spacial score (nSPS) is 29.7. The Morgan fingerprint density at radius 2 is 2.00 bits per heavy atom. The minimum Gasteiger partial charge on any atom is -0.285 e. The largest absolute Gasteiger partial charge is 0.285 e. The van der Waals surface area contributed by atoms with Crippen molar-refractivity contribution < 1.29 is 0 Å². The molecule has 2 saturated carbocycles. The first-order valence-electron chi connectivity index (χ1n) is 7.44. The van der Waals surface area contributed by atoms with Crippen LogP contribution in [0.3, 0.4) is 0 Å². The summed E-state index contributed by atoms with van der Waals surface area (Å²) in [6, 6.07) is 10.9. The smallest absolute Gasteiger partial charge is 0.0659 e. The van der Waals surface area contributed by atoms with E-state index < -0.39 is 0 Å². The van der Waals surface area contributed by atoms with Gasteiger partial charge in [-0.1, -0.05) is 55.9 Å². The average molecular weight is 271 g/mol. The van der Waals surface area contributed by atoms with E-state index in [4.69, 9.17) is 17.2 Å². The van der Waals surface area contributed by atoms with Gasteiger partial charge >= 0.3 is 0 Å². The summed E-state index contributed by atoms with van der Waals surface area (Å²) in [5.41, 5.74) is 2.28. The number of hydrogen-bond acceptors (Lipinski definition) is 2. The molecule has 2 fully saturated rings. The van der Waals surface area contributed by atoms with E-state index in [0.717, 1.165) is 34.4 Å².